The van der Waals surface area contributed by atoms with E-state index in [-0.39, 0.29) is 28.0 Å². The van der Waals surface area contributed by atoms with Crippen LogP contribution in [0.15, 0.2) is 18.2 Å². The lowest BCUT2D eigenvalue weighted by Crippen LogP contribution is -2.59. The fraction of sp³-hybridized carbons (Fsp3) is 0.485. The van der Waals surface area contributed by atoms with Crippen molar-refractivity contribution in [1.29, 1.82) is 0 Å². The third-order valence-electron chi connectivity index (χ3n) is 9.02. The number of fused-ring (bicyclic) bond motifs is 3. The van der Waals surface area contributed by atoms with Crippen LogP contribution in [0, 0.1) is 5.92 Å². The molecule has 6 atom stereocenters. The first kappa shape index (κ1) is 35.8. The molecule has 0 radical (unpaired) electrons. The number of alkyl halides is 3. The molecule has 2 aliphatic carbocycles. The second-order valence-corrected chi connectivity index (χ2v) is 12.6. The van der Waals surface area contributed by atoms with E-state index in [1.54, 1.807) is 0 Å². The molecule has 1 amide bonds. The molecular formula is C33H34F3NO12. The van der Waals surface area contributed by atoms with Crippen LogP contribution in [0.2, 0.25) is 0 Å². The molecule has 1 saturated heterocycles. The SMILES string of the molecule is COc1cccc2c1C(=O)c1c(O)c3c(c(O)c1C2=O)C[C@@](O)(C(C)=O)C[C@@H]3O[C@H]1C[C@H](NC(=O)C(F)(F)F)[C@@H](OC(=O)C(C)C)[C@H](C)O1. The van der Waals surface area contributed by atoms with Crippen LogP contribution in [-0.2, 0) is 35.0 Å². The zero-order valence-corrected chi connectivity index (χ0v) is 27.0. The molecule has 1 aliphatic heterocycles. The molecule has 4 N–H and O–H groups in total. The number of methoxy groups -OCH3 is 1. The van der Waals surface area contributed by atoms with Gasteiger partial charge in [-0.2, -0.15) is 13.2 Å². The Bertz CT molecular complexity index is 1760. The molecule has 0 bridgehead atoms. The van der Waals surface area contributed by atoms with Gasteiger partial charge in [-0.3, -0.25) is 24.0 Å². The van der Waals surface area contributed by atoms with Crippen LogP contribution >= 0.6 is 0 Å². The molecule has 16 heteroatoms. The minimum atomic E-state index is -5.29. The average Bonchev–Trinajstić information content (AvgIpc) is 3.01. The van der Waals surface area contributed by atoms with Gasteiger partial charge in [-0.1, -0.05) is 26.0 Å². The number of hydrogen-bond acceptors (Lipinski definition) is 12. The Kier molecular flexibility index (Phi) is 9.29. The molecule has 49 heavy (non-hydrogen) atoms. The standard InChI is InChI=1S/C33H34F3NO12/c1-12(2)30(43)49-29-13(3)47-20(9-17(29)37-31(44)33(34,35)36)48-19-11-32(45,14(4)38)10-16-22(19)28(42)24-23(26(16)40)25(39)15-7-6-8-18(46-5)21(15)27(24)41/h6-8,12-13,17,19-20,29,40,42,45H,9-11H2,1-5H3,(H,37,44)/t13-,17-,19-,20-,29-,32-/m0/s1. The largest absolute Gasteiger partial charge is 0.507 e. The van der Waals surface area contributed by atoms with Gasteiger partial charge in [0, 0.05) is 36.0 Å². The van der Waals surface area contributed by atoms with E-state index in [2.05, 4.69) is 0 Å². The summed E-state index contributed by atoms with van der Waals surface area (Å²) in [4.78, 5) is 64.5. The van der Waals surface area contributed by atoms with E-state index in [0.717, 1.165) is 6.92 Å². The van der Waals surface area contributed by atoms with Gasteiger partial charge in [0.1, 0.15) is 29.0 Å². The van der Waals surface area contributed by atoms with Crippen molar-refractivity contribution in [2.45, 2.75) is 89.4 Å². The number of nitrogens with one attached hydrogen (secondary N) is 1. The van der Waals surface area contributed by atoms with Crippen LogP contribution < -0.4 is 10.1 Å². The molecule has 3 aliphatic rings. The van der Waals surface area contributed by atoms with E-state index in [0.29, 0.717) is 0 Å². The molecule has 264 valence electrons. The molecule has 2 aromatic carbocycles. The molecule has 0 aromatic heterocycles. The van der Waals surface area contributed by atoms with Crippen LogP contribution in [0.1, 0.15) is 89.6 Å². The van der Waals surface area contributed by atoms with E-state index in [4.69, 9.17) is 18.9 Å². The number of esters is 1. The summed E-state index contributed by atoms with van der Waals surface area (Å²) in [6.45, 7) is 5.41. The van der Waals surface area contributed by atoms with Gasteiger partial charge in [0.25, 0.3) is 0 Å². The predicted octanol–water partition coefficient (Wildman–Crippen LogP) is 2.96. The Labute approximate surface area is 277 Å². The third kappa shape index (κ3) is 6.24. The van der Waals surface area contributed by atoms with E-state index < -0.39 is 119 Å². The first-order chi connectivity index (χ1) is 22.8. The van der Waals surface area contributed by atoms with Crippen molar-refractivity contribution in [1.82, 2.24) is 5.32 Å². The van der Waals surface area contributed by atoms with Crippen molar-refractivity contribution in [3.05, 3.63) is 51.6 Å². The summed E-state index contributed by atoms with van der Waals surface area (Å²) in [6, 6.07) is 2.69. The minimum Gasteiger partial charge on any atom is -0.507 e. The van der Waals surface area contributed by atoms with Gasteiger partial charge in [-0.05, 0) is 19.9 Å². The molecule has 0 saturated carbocycles. The lowest BCUT2D eigenvalue weighted by Gasteiger charge is -2.43. The Morgan fingerprint density at radius 1 is 1.06 bits per heavy atom. The fourth-order valence-corrected chi connectivity index (χ4v) is 6.45. The number of hydrogen-bond donors (Lipinski definition) is 4. The molecular weight excluding hydrogens is 659 g/mol. The Balaban J connectivity index is 1.58. The van der Waals surface area contributed by atoms with Crippen LogP contribution in [0.4, 0.5) is 13.2 Å². The van der Waals surface area contributed by atoms with Crippen LogP contribution in [0.5, 0.6) is 17.2 Å². The first-order valence-electron chi connectivity index (χ1n) is 15.3. The number of carbonyl (C=O) groups excluding carboxylic acids is 5. The summed E-state index contributed by atoms with van der Waals surface area (Å²) >= 11 is 0. The number of phenols is 2. The van der Waals surface area contributed by atoms with E-state index in [1.165, 1.54) is 46.1 Å². The number of rotatable bonds is 7. The summed E-state index contributed by atoms with van der Waals surface area (Å²) in [5.41, 5.74) is -4.26. The number of carbonyl (C=O) groups is 5. The zero-order chi connectivity index (χ0) is 36.3. The third-order valence-corrected chi connectivity index (χ3v) is 9.02. The van der Waals surface area contributed by atoms with Gasteiger partial charge in [0.05, 0.1) is 48.0 Å². The number of ether oxygens (including phenoxy) is 4. The number of phenolic OH excluding ortho intramolecular Hbond substituents is 2. The minimum absolute atomic E-state index is 0.0149. The predicted molar refractivity (Wildman–Crippen MR) is 159 cm³/mol. The molecule has 13 nitrogen and oxygen atoms in total. The maximum atomic E-state index is 13.8. The summed E-state index contributed by atoms with van der Waals surface area (Å²) in [6.07, 6.45) is -12.7. The van der Waals surface area contributed by atoms with E-state index in [9.17, 15) is 52.5 Å². The van der Waals surface area contributed by atoms with Crippen molar-refractivity contribution < 1.29 is 71.4 Å². The monoisotopic (exact) mass is 693 g/mol. The summed E-state index contributed by atoms with van der Waals surface area (Å²) in [5.74, 6) is -7.86. The Hall–Kier alpha value is -4.54. The molecule has 2 aromatic rings. The normalized spacial score (nSPS) is 26.4. The van der Waals surface area contributed by atoms with Gasteiger partial charge in [-0.15, -0.1) is 0 Å². The average molecular weight is 694 g/mol. The number of halogens is 3. The highest BCUT2D eigenvalue weighted by atomic mass is 19.4. The molecule has 1 fully saturated rings. The Morgan fingerprint density at radius 3 is 2.31 bits per heavy atom. The van der Waals surface area contributed by atoms with Crippen LogP contribution in [-0.4, -0.2) is 88.0 Å². The molecule has 5 rings (SSSR count). The van der Waals surface area contributed by atoms with Crippen molar-refractivity contribution in [2.75, 3.05) is 7.11 Å². The van der Waals surface area contributed by atoms with Gasteiger partial charge in [0.2, 0.25) is 5.78 Å². The first-order valence-corrected chi connectivity index (χ1v) is 15.3. The number of ketones is 3. The number of aliphatic hydroxyl groups is 1. The van der Waals surface area contributed by atoms with E-state index >= 15 is 0 Å². The van der Waals surface area contributed by atoms with Gasteiger partial charge in [0.15, 0.2) is 17.9 Å². The Morgan fingerprint density at radius 2 is 1.71 bits per heavy atom. The van der Waals surface area contributed by atoms with Crippen molar-refractivity contribution in [3.8, 4) is 17.2 Å². The maximum absolute atomic E-state index is 13.8. The van der Waals surface area contributed by atoms with Crippen molar-refractivity contribution in [2.24, 2.45) is 5.92 Å². The molecule has 0 spiro atoms. The lowest BCUT2D eigenvalue weighted by atomic mass is 9.72. The van der Waals surface area contributed by atoms with Gasteiger partial charge >= 0.3 is 18.1 Å². The summed E-state index contributed by atoms with van der Waals surface area (Å²) in [7, 11) is 1.27. The highest BCUT2D eigenvalue weighted by Gasteiger charge is 2.51. The highest BCUT2D eigenvalue weighted by Crippen LogP contribution is 2.52. The topological polar surface area (TPSA) is 195 Å². The molecule has 1 heterocycles. The van der Waals surface area contributed by atoms with Gasteiger partial charge in [-0.25, -0.2) is 0 Å². The van der Waals surface area contributed by atoms with Crippen LogP contribution in [0.25, 0.3) is 0 Å². The quantitative estimate of drug-likeness (QED) is 0.209. The highest BCUT2D eigenvalue weighted by molar-refractivity contribution is 6.31. The smallest absolute Gasteiger partial charge is 0.471 e. The van der Waals surface area contributed by atoms with Crippen molar-refractivity contribution in [3.63, 3.8) is 0 Å². The number of benzene rings is 2. The lowest BCUT2D eigenvalue weighted by molar-refractivity contribution is -0.255. The summed E-state index contributed by atoms with van der Waals surface area (Å²) in [5, 5.41) is 36.3. The fourth-order valence-electron chi connectivity index (χ4n) is 6.45. The van der Waals surface area contributed by atoms with E-state index in [1.807, 2.05) is 5.32 Å². The number of amides is 1. The number of aromatic hydroxyl groups is 2. The second kappa shape index (κ2) is 12.7. The second-order valence-electron chi connectivity index (χ2n) is 12.6. The van der Waals surface area contributed by atoms with Crippen LogP contribution in [0.3, 0.4) is 0 Å². The maximum Gasteiger partial charge on any atom is 0.471 e. The summed E-state index contributed by atoms with van der Waals surface area (Å²) < 4.78 is 62.4. The number of Topliss-reactive ketones (excluding diaryl/α,β-unsaturated/α-hetero) is 1. The zero-order valence-electron chi connectivity index (χ0n) is 27.0. The van der Waals surface area contributed by atoms with Gasteiger partial charge < -0.3 is 39.6 Å². The van der Waals surface area contributed by atoms with Crippen molar-refractivity contribution >= 4 is 29.2 Å². The molecule has 0 unspecified atom stereocenters.